The van der Waals surface area contributed by atoms with E-state index in [0.29, 0.717) is 31.0 Å². The molecule has 0 N–H and O–H groups in total. The van der Waals surface area contributed by atoms with Crippen molar-refractivity contribution in [3.8, 4) is 5.75 Å². The molecule has 1 amide bonds. The summed E-state index contributed by atoms with van der Waals surface area (Å²) >= 11 is 0. The van der Waals surface area contributed by atoms with Gasteiger partial charge < -0.3 is 9.64 Å². The number of hydrogen-bond acceptors (Lipinski definition) is 4. The highest BCUT2D eigenvalue weighted by Crippen LogP contribution is 2.30. The smallest absolute Gasteiger partial charge is 0.258 e. The van der Waals surface area contributed by atoms with Gasteiger partial charge in [-0.2, -0.15) is 5.10 Å². The molecule has 0 unspecified atom stereocenters. The Bertz CT molecular complexity index is 1190. The Hall–Kier alpha value is -3.38. The van der Waals surface area contributed by atoms with Crippen molar-refractivity contribution in [2.45, 2.75) is 13.5 Å². The van der Waals surface area contributed by atoms with Crippen LogP contribution in [0.25, 0.3) is 16.3 Å². The first-order chi connectivity index (χ1) is 15.2. The summed E-state index contributed by atoms with van der Waals surface area (Å²) in [5, 5.41) is 6.66. The van der Waals surface area contributed by atoms with Crippen LogP contribution in [0.4, 0.5) is 0 Å². The summed E-state index contributed by atoms with van der Waals surface area (Å²) in [6, 6.07) is 20.1. The van der Waals surface area contributed by atoms with E-state index in [0.717, 1.165) is 41.6 Å². The minimum atomic E-state index is 0.0487. The summed E-state index contributed by atoms with van der Waals surface area (Å²) < 4.78 is 7.73. The van der Waals surface area contributed by atoms with E-state index in [-0.39, 0.29) is 5.91 Å². The number of ether oxygens (including phenoxy) is 1. The lowest BCUT2D eigenvalue weighted by Gasteiger charge is -2.34. The Kier molecular flexibility index (Phi) is 5.30. The summed E-state index contributed by atoms with van der Waals surface area (Å²) in [5.74, 6) is 0.714. The third-order valence-corrected chi connectivity index (χ3v) is 5.87. The molecule has 0 saturated carbocycles. The Balaban J connectivity index is 1.31. The SMILES string of the molecule is CCOc1ccc2ccccc2c1C(=O)N1CCN(Cc2cc3ccccn3n2)CC1. The molecule has 4 aromatic rings. The Morgan fingerprint density at radius 3 is 2.61 bits per heavy atom. The second kappa shape index (κ2) is 8.40. The largest absolute Gasteiger partial charge is 0.493 e. The maximum absolute atomic E-state index is 13.5. The summed E-state index contributed by atoms with van der Waals surface area (Å²) in [4.78, 5) is 17.8. The molecule has 0 spiro atoms. The fraction of sp³-hybridized carbons (Fsp3) is 0.280. The van der Waals surface area contributed by atoms with E-state index in [1.807, 2.05) is 71.1 Å². The number of aromatic nitrogens is 2. The van der Waals surface area contributed by atoms with E-state index in [1.54, 1.807) is 0 Å². The standard InChI is InChI=1S/C25H26N4O2/c1-2-31-23-11-10-19-7-3-4-9-22(19)24(23)25(30)28-15-13-27(14-16-28)18-20-17-21-8-5-6-12-29(21)26-20/h3-12,17H,2,13-16,18H2,1H3. The molecule has 1 saturated heterocycles. The van der Waals surface area contributed by atoms with Gasteiger partial charge in [-0.25, -0.2) is 4.52 Å². The van der Waals surface area contributed by atoms with Crippen LogP contribution in [0.15, 0.2) is 66.9 Å². The predicted molar refractivity (Wildman–Crippen MR) is 121 cm³/mol. The molecule has 158 valence electrons. The predicted octanol–water partition coefficient (Wildman–Crippen LogP) is 3.84. The van der Waals surface area contributed by atoms with E-state index in [9.17, 15) is 4.79 Å². The van der Waals surface area contributed by atoms with Crippen LogP contribution in [0, 0.1) is 0 Å². The average molecular weight is 415 g/mol. The normalized spacial score (nSPS) is 14.9. The summed E-state index contributed by atoms with van der Waals surface area (Å²) in [6.07, 6.45) is 1.97. The summed E-state index contributed by atoms with van der Waals surface area (Å²) in [7, 11) is 0. The van der Waals surface area contributed by atoms with Crippen molar-refractivity contribution in [3.63, 3.8) is 0 Å². The molecule has 0 radical (unpaired) electrons. The number of carbonyl (C=O) groups is 1. The maximum Gasteiger partial charge on any atom is 0.258 e. The van der Waals surface area contributed by atoms with Gasteiger partial charge >= 0.3 is 0 Å². The van der Waals surface area contributed by atoms with Gasteiger partial charge in [0.2, 0.25) is 0 Å². The molecular weight excluding hydrogens is 388 g/mol. The number of amides is 1. The zero-order valence-corrected chi connectivity index (χ0v) is 17.7. The van der Waals surface area contributed by atoms with Crippen molar-refractivity contribution in [1.82, 2.24) is 19.4 Å². The minimum absolute atomic E-state index is 0.0487. The first-order valence-corrected chi connectivity index (χ1v) is 10.8. The van der Waals surface area contributed by atoms with E-state index in [2.05, 4.69) is 22.1 Å². The van der Waals surface area contributed by atoms with Crippen LogP contribution in [-0.2, 0) is 6.54 Å². The Morgan fingerprint density at radius 1 is 1.00 bits per heavy atom. The van der Waals surface area contributed by atoms with Crippen LogP contribution < -0.4 is 4.74 Å². The quantitative estimate of drug-likeness (QED) is 0.498. The van der Waals surface area contributed by atoms with E-state index in [4.69, 9.17) is 4.74 Å². The van der Waals surface area contributed by atoms with Crippen molar-refractivity contribution >= 4 is 22.2 Å². The molecule has 1 aliphatic heterocycles. The molecule has 6 nitrogen and oxygen atoms in total. The summed E-state index contributed by atoms with van der Waals surface area (Å²) in [6.45, 7) is 6.32. The van der Waals surface area contributed by atoms with Crippen molar-refractivity contribution in [3.05, 3.63) is 78.1 Å². The van der Waals surface area contributed by atoms with Crippen LogP contribution in [0.1, 0.15) is 23.0 Å². The van der Waals surface area contributed by atoms with Crippen LogP contribution in [0.5, 0.6) is 5.75 Å². The zero-order chi connectivity index (χ0) is 21.2. The number of pyridine rings is 1. The molecule has 0 bridgehead atoms. The summed E-state index contributed by atoms with van der Waals surface area (Å²) in [5.41, 5.74) is 2.83. The zero-order valence-electron chi connectivity index (χ0n) is 17.7. The monoisotopic (exact) mass is 414 g/mol. The van der Waals surface area contributed by atoms with E-state index >= 15 is 0 Å². The molecular formula is C25H26N4O2. The van der Waals surface area contributed by atoms with Crippen molar-refractivity contribution in [2.24, 2.45) is 0 Å². The number of fused-ring (bicyclic) bond motifs is 2. The number of nitrogens with zero attached hydrogens (tertiary/aromatic N) is 4. The number of piperazine rings is 1. The third-order valence-electron chi connectivity index (χ3n) is 5.87. The topological polar surface area (TPSA) is 50.1 Å². The lowest BCUT2D eigenvalue weighted by Crippen LogP contribution is -2.48. The van der Waals surface area contributed by atoms with Gasteiger partial charge in [-0.1, -0.05) is 36.4 Å². The fourth-order valence-corrected chi connectivity index (χ4v) is 4.31. The van der Waals surface area contributed by atoms with Crippen LogP contribution in [-0.4, -0.2) is 58.1 Å². The van der Waals surface area contributed by atoms with Gasteiger partial charge in [-0.05, 0) is 42.0 Å². The highest BCUT2D eigenvalue weighted by molar-refractivity contribution is 6.09. The Labute approximate surface area is 181 Å². The molecule has 3 heterocycles. The molecule has 0 atom stereocenters. The van der Waals surface area contributed by atoms with Gasteiger partial charge in [-0.15, -0.1) is 0 Å². The van der Waals surface area contributed by atoms with E-state index in [1.165, 1.54) is 0 Å². The Morgan fingerprint density at radius 2 is 1.81 bits per heavy atom. The lowest BCUT2D eigenvalue weighted by molar-refractivity contribution is 0.0625. The van der Waals surface area contributed by atoms with Gasteiger partial charge in [0.15, 0.2) is 0 Å². The first kappa shape index (κ1) is 19.6. The maximum atomic E-state index is 13.5. The number of benzene rings is 2. The highest BCUT2D eigenvalue weighted by Gasteiger charge is 2.26. The average Bonchev–Trinajstić information content (AvgIpc) is 3.21. The molecule has 1 fully saturated rings. The van der Waals surface area contributed by atoms with Gasteiger partial charge in [0, 0.05) is 38.9 Å². The second-order valence-corrected chi connectivity index (χ2v) is 7.87. The second-order valence-electron chi connectivity index (χ2n) is 7.87. The molecule has 0 aliphatic carbocycles. The molecule has 2 aromatic heterocycles. The van der Waals surface area contributed by atoms with Gasteiger partial charge in [0.05, 0.1) is 23.4 Å². The fourth-order valence-electron chi connectivity index (χ4n) is 4.31. The molecule has 5 rings (SSSR count). The highest BCUT2D eigenvalue weighted by atomic mass is 16.5. The van der Waals surface area contributed by atoms with E-state index < -0.39 is 0 Å². The molecule has 2 aromatic carbocycles. The van der Waals surface area contributed by atoms with Crippen molar-refractivity contribution < 1.29 is 9.53 Å². The number of hydrogen-bond donors (Lipinski definition) is 0. The molecule has 1 aliphatic rings. The first-order valence-electron chi connectivity index (χ1n) is 10.8. The third kappa shape index (κ3) is 3.86. The van der Waals surface area contributed by atoms with Crippen LogP contribution >= 0.6 is 0 Å². The van der Waals surface area contributed by atoms with Crippen molar-refractivity contribution in [1.29, 1.82) is 0 Å². The molecule has 6 heteroatoms. The van der Waals surface area contributed by atoms with Crippen molar-refractivity contribution in [2.75, 3.05) is 32.8 Å². The lowest BCUT2D eigenvalue weighted by atomic mass is 10.0. The van der Waals surface area contributed by atoms with Crippen LogP contribution in [0.2, 0.25) is 0 Å². The van der Waals surface area contributed by atoms with Crippen LogP contribution in [0.3, 0.4) is 0 Å². The molecule has 31 heavy (non-hydrogen) atoms. The van der Waals surface area contributed by atoms with Gasteiger partial charge in [-0.3, -0.25) is 9.69 Å². The van der Waals surface area contributed by atoms with Gasteiger partial charge in [0.1, 0.15) is 5.75 Å². The number of rotatable bonds is 5. The number of carbonyl (C=O) groups excluding carboxylic acids is 1. The minimum Gasteiger partial charge on any atom is -0.493 e. The van der Waals surface area contributed by atoms with Gasteiger partial charge in [0.25, 0.3) is 5.91 Å².